The van der Waals surface area contributed by atoms with Gasteiger partial charge in [0.2, 0.25) is 0 Å². The van der Waals surface area contributed by atoms with Crippen LogP contribution in [0.15, 0.2) is 22.7 Å². The number of halogens is 6. The van der Waals surface area contributed by atoms with Gasteiger partial charge in [-0.1, -0.05) is 0 Å². The van der Waals surface area contributed by atoms with Crippen molar-refractivity contribution >= 4 is 20.2 Å². The molecule has 0 aromatic carbocycles. The van der Waals surface area contributed by atoms with Crippen LogP contribution in [-0.4, -0.2) is 37.0 Å². The van der Waals surface area contributed by atoms with Crippen LogP contribution in [0.2, 0.25) is 0 Å². The van der Waals surface area contributed by atoms with E-state index in [0.29, 0.717) is 0 Å². The molecular weight excluding hydrogens is 414 g/mol. The molecular formula is C7H5F6FeO6S2. The van der Waals surface area contributed by atoms with Gasteiger partial charge in [-0.2, -0.15) is 26.3 Å². The first-order valence-corrected chi connectivity index (χ1v) is 7.80. The summed E-state index contributed by atoms with van der Waals surface area (Å²) in [6.07, 6.45) is 7.21. The van der Waals surface area contributed by atoms with Gasteiger partial charge < -0.3 is 9.11 Å². The van der Waals surface area contributed by atoms with Crippen molar-refractivity contribution in [3.05, 3.63) is 22.7 Å². The van der Waals surface area contributed by atoms with Gasteiger partial charge in [-0.25, -0.2) is 16.8 Å². The zero-order valence-electron chi connectivity index (χ0n) is 9.83. The Kier molecular flexibility index (Phi) is 8.94. The van der Waals surface area contributed by atoms with E-state index >= 15 is 0 Å². The van der Waals surface area contributed by atoms with Crippen LogP contribution in [0.25, 0.3) is 0 Å². The minimum atomic E-state index is -6.09. The summed E-state index contributed by atoms with van der Waals surface area (Å²) in [6, 6.07) is 0. The monoisotopic (exact) mass is 419 g/mol. The second-order valence-corrected chi connectivity index (χ2v) is 6.48. The number of rotatable bonds is 0. The molecule has 0 aromatic rings. The predicted molar refractivity (Wildman–Crippen MR) is 53.3 cm³/mol. The first-order valence-electron chi connectivity index (χ1n) is 4.44. The second-order valence-electron chi connectivity index (χ2n) is 3.03. The summed E-state index contributed by atoms with van der Waals surface area (Å²) in [5.41, 5.74) is -11.3. The minimum absolute atomic E-state index is 1.06. The molecule has 0 aliphatic heterocycles. The molecule has 0 aromatic heterocycles. The first-order chi connectivity index (χ1) is 9.39. The third-order valence-corrected chi connectivity index (χ3v) is 2.83. The van der Waals surface area contributed by atoms with E-state index in [9.17, 15) is 26.3 Å². The van der Waals surface area contributed by atoms with Crippen LogP contribution in [0.5, 0.6) is 0 Å². The maximum atomic E-state index is 10.7. The van der Waals surface area contributed by atoms with Gasteiger partial charge in [-0.3, -0.25) is 0 Å². The summed E-state index contributed by atoms with van der Waals surface area (Å²) in [5, 5.41) is 0. The van der Waals surface area contributed by atoms with Gasteiger partial charge in [0.1, 0.15) is 0 Å². The number of hydrogen-bond donors (Lipinski definition) is 0. The van der Waals surface area contributed by atoms with Crippen molar-refractivity contribution < 1.29 is 68.3 Å². The molecule has 0 fully saturated rings. The van der Waals surface area contributed by atoms with Gasteiger partial charge in [0, 0.05) is 0 Å². The Morgan fingerprint density at radius 3 is 1.23 bits per heavy atom. The molecule has 0 N–H and O–H groups in total. The van der Waals surface area contributed by atoms with Crippen molar-refractivity contribution in [1.29, 1.82) is 0 Å². The summed E-state index contributed by atoms with van der Waals surface area (Å²) in [6.45, 7) is 0. The van der Waals surface area contributed by atoms with Crippen molar-refractivity contribution in [3.8, 4) is 0 Å². The van der Waals surface area contributed by atoms with Crippen LogP contribution in [-0.2, 0) is 36.2 Å². The normalized spacial score (nSPS) is 15.2. The molecule has 15 heteroatoms. The van der Waals surface area contributed by atoms with Crippen LogP contribution < -0.4 is 0 Å². The van der Waals surface area contributed by atoms with Gasteiger partial charge in [0.05, 0.1) is 0 Å². The number of allylic oxidation sites excluding steroid dienone is 4. The summed E-state index contributed by atoms with van der Waals surface area (Å²) in [4.78, 5) is 0. The second kappa shape index (κ2) is 8.31. The quantitative estimate of drug-likeness (QED) is 0.254. The Morgan fingerprint density at radius 2 is 1.18 bits per heavy atom. The Labute approximate surface area is 129 Å². The molecule has 1 aliphatic rings. The average Bonchev–Trinajstić information content (AvgIpc) is 2.64. The SMILES string of the molecule is O=S(=O)([O-])C(F)(F)F.O=S(=O)([O-])C(F)(F)F.[Fe+2][C]1=CC=CC1. The molecule has 6 nitrogen and oxygen atoms in total. The number of alkyl halides is 6. The van der Waals surface area contributed by atoms with Crippen LogP contribution in [0.3, 0.4) is 0 Å². The van der Waals surface area contributed by atoms with Gasteiger partial charge >= 0.3 is 56.1 Å². The van der Waals surface area contributed by atoms with E-state index in [0.717, 1.165) is 6.42 Å². The van der Waals surface area contributed by atoms with E-state index in [1.165, 1.54) is 4.47 Å². The fourth-order valence-corrected chi connectivity index (χ4v) is 0.652. The third-order valence-electron chi connectivity index (χ3n) is 1.28. The predicted octanol–water partition coefficient (Wildman–Crippen LogP) is 1.48. The first kappa shape index (κ1) is 23.7. The topological polar surface area (TPSA) is 114 Å². The molecule has 0 heterocycles. The molecule has 1 rings (SSSR count). The molecule has 131 valence electrons. The van der Waals surface area contributed by atoms with E-state index < -0.39 is 31.3 Å². The molecule has 22 heavy (non-hydrogen) atoms. The molecule has 0 saturated carbocycles. The summed E-state index contributed by atoms with van der Waals surface area (Å²) < 4.78 is 119. The van der Waals surface area contributed by atoms with Crippen LogP contribution >= 0.6 is 0 Å². The van der Waals surface area contributed by atoms with Crippen molar-refractivity contribution in [2.75, 3.05) is 0 Å². The Balaban J connectivity index is 0. The Hall–Kier alpha value is -0.601. The summed E-state index contributed by atoms with van der Waals surface area (Å²) in [5.74, 6) is 0. The average molecular weight is 419 g/mol. The summed E-state index contributed by atoms with van der Waals surface area (Å²) >= 11 is 3.74. The van der Waals surface area contributed by atoms with Crippen molar-refractivity contribution in [2.45, 2.75) is 17.4 Å². The van der Waals surface area contributed by atoms with Crippen LogP contribution in [0, 0.1) is 0 Å². The molecule has 0 radical (unpaired) electrons. The maximum absolute atomic E-state index is 10.7. The molecule has 0 bridgehead atoms. The Morgan fingerprint density at radius 1 is 0.909 bits per heavy atom. The Bertz CT molecular complexity index is 573. The summed E-state index contributed by atoms with van der Waals surface area (Å²) in [7, 11) is -12.2. The molecule has 1 aliphatic carbocycles. The van der Waals surface area contributed by atoms with Crippen molar-refractivity contribution in [2.24, 2.45) is 0 Å². The van der Waals surface area contributed by atoms with E-state index in [-0.39, 0.29) is 0 Å². The third kappa shape index (κ3) is 11.0. The van der Waals surface area contributed by atoms with Crippen LogP contribution in [0.4, 0.5) is 26.3 Å². The van der Waals surface area contributed by atoms with Gasteiger partial charge in [-0.05, 0) is 0 Å². The van der Waals surface area contributed by atoms with Gasteiger partial charge in [0.15, 0.2) is 20.2 Å². The number of hydrogen-bond acceptors (Lipinski definition) is 6. The van der Waals surface area contributed by atoms with Crippen molar-refractivity contribution in [1.82, 2.24) is 0 Å². The van der Waals surface area contributed by atoms with E-state index in [2.05, 4.69) is 22.1 Å². The van der Waals surface area contributed by atoms with E-state index in [1.54, 1.807) is 0 Å². The fraction of sp³-hybridized carbons (Fsp3) is 0.429. The molecule has 0 saturated heterocycles. The molecule has 0 atom stereocenters. The van der Waals surface area contributed by atoms with E-state index in [1.807, 2.05) is 12.2 Å². The molecule has 0 amide bonds. The van der Waals surface area contributed by atoms with Gasteiger partial charge in [-0.15, -0.1) is 0 Å². The fourth-order valence-electron chi connectivity index (χ4n) is 0.416. The van der Waals surface area contributed by atoms with Crippen LogP contribution in [0.1, 0.15) is 6.42 Å². The van der Waals surface area contributed by atoms with E-state index in [4.69, 9.17) is 25.9 Å². The zero-order valence-corrected chi connectivity index (χ0v) is 12.6. The van der Waals surface area contributed by atoms with Crippen molar-refractivity contribution in [3.63, 3.8) is 0 Å². The molecule has 0 unspecified atom stereocenters. The van der Waals surface area contributed by atoms with Gasteiger partial charge in [0.25, 0.3) is 0 Å². The molecule has 0 spiro atoms. The standard InChI is InChI=1S/C5H5.2CHF3O3S.Fe/c1-2-4-5-3-1;2*2-1(3,4)8(5,6)7;/h1-3H,4H2;2*(H,5,6,7);/q;;;+2/p-2. The zero-order chi connectivity index (χ0) is 18.4.